The second-order valence-corrected chi connectivity index (χ2v) is 8.32. The first-order chi connectivity index (χ1) is 18.3. The number of benzene rings is 3. The molecule has 3 aromatic rings. The number of nitrogens with zero attached hydrogens (tertiary/aromatic N) is 1. The van der Waals surface area contributed by atoms with Crippen molar-refractivity contribution in [2.24, 2.45) is 0 Å². The number of methoxy groups -OCH3 is 2. The molecule has 2 N–H and O–H groups in total. The van der Waals surface area contributed by atoms with Gasteiger partial charge >= 0.3 is 0 Å². The lowest BCUT2D eigenvalue weighted by Crippen LogP contribution is -2.29. The quantitative estimate of drug-likeness (QED) is 0.235. The van der Waals surface area contributed by atoms with Gasteiger partial charge in [0, 0.05) is 11.8 Å². The van der Waals surface area contributed by atoms with Gasteiger partial charge in [-0.1, -0.05) is 6.07 Å². The van der Waals surface area contributed by atoms with Crippen LogP contribution in [0.25, 0.3) is 5.76 Å². The Morgan fingerprint density at radius 1 is 0.842 bits per heavy atom. The molecular formula is C29H29NO8. The average molecular weight is 520 g/mol. The van der Waals surface area contributed by atoms with Crippen molar-refractivity contribution in [3.05, 3.63) is 77.4 Å². The third-order valence-electron chi connectivity index (χ3n) is 6.13. The number of rotatable bonds is 9. The molecule has 1 aliphatic rings. The van der Waals surface area contributed by atoms with Gasteiger partial charge in [0.05, 0.1) is 44.6 Å². The zero-order valence-electron chi connectivity index (χ0n) is 21.6. The van der Waals surface area contributed by atoms with Crippen LogP contribution < -0.4 is 23.8 Å². The van der Waals surface area contributed by atoms with Crippen LogP contribution in [0.4, 0.5) is 5.69 Å². The van der Waals surface area contributed by atoms with E-state index < -0.39 is 23.5 Å². The summed E-state index contributed by atoms with van der Waals surface area (Å²) in [6, 6.07) is 15.0. The second kappa shape index (κ2) is 11.2. The van der Waals surface area contributed by atoms with E-state index in [9.17, 15) is 19.8 Å². The Kier molecular flexibility index (Phi) is 7.76. The fourth-order valence-electron chi connectivity index (χ4n) is 4.40. The van der Waals surface area contributed by atoms with Crippen molar-refractivity contribution >= 4 is 23.1 Å². The SMILES string of the molecule is CCOc1ccc(N2C(=O)C(=O)/C(=C(/O)c3ccc(OC)cc3OC)C2c2ccc(O)c(OCC)c2)cc1. The molecule has 198 valence electrons. The molecule has 38 heavy (non-hydrogen) atoms. The highest BCUT2D eigenvalue weighted by molar-refractivity contribution is 6.51. The summed E-state index contributed by atoms with van der Waals surface area (Å²) in [5.41, 5.74) is 0.952. The number of carbonyl (C=O) groups is 2. The summed E-state index contributed by atoms with van der Waals surface area (Å²) >= 11 is 0. The number of anilines is 1. The first kappa shape index (κ1) is 26.4. The number of carbonyl (C=O) groups excluding carboxylic acids is 2. The van der Waals surface area contributed by atoms with Gasteiger partial charge in [0.25, 0.3) is 11.7 Å². The number of aliphatic hydroxyl groups is 1. The van der Waals surface area contributed by atoms with E-state index in [1.165, 1.54) is 25.2 Å². The number of ketones is 1. The van der Waals surface area contributed by atoms with E-state index in [0.29, 0.717) is 36.0 Å². The summed E-state index contributed by atoms with van der Waals surface area (Å²) < 4.78 is 21.7. The number of phenols is 1. The summed E-state index contributed by atoms with van der Waals surface area (Å²) in [5.74, 6) is -0.652. The highest BCUT2D eigenvalue weighted by atomic mass is 16.5. The summed E-state index contributed by atoms with van der Waals surface area (Å²) in [7, 11) is 2.92. The van der Waals surface area contributed by atoms with Crippen LogP contribution in [0.15, 0.2) is 66.2 Å². The van der Waals surface area contributed by atoms with Gasteiger partial charge in [0.15, 0.2) is 11.5 Å². The van der Waals surface area contributed by atoms with Crippen LogP contribution in [-0.4, -0.2) is 49.3 Å². The molecule has 1 aliphatic heterocycles. The number of phenolic OH excluding ortho intramolecular Hbond substituents is 1. The van der Waals surface area contributed by atoms with E-state index in [1.54, 1.807) is 61.5 Å². The van der Waals surface area contributed by atoms with Gasteiger partial charge in [-0.15, -0.1) is 0 Å². The number of Topliss-reactive ketones (excluding diaryl/α,β-unsaturated/α-hetero) is 1. The van der Waals surface area contributed by atoms with Crippen molar-refractivity contribution in [2.45, 2.75) is 19.9 Å². The maximum Gasteiger partial charge on any atom is 0.300 e. The molecule has 0 radical (unpaired) electrons. The number of aromatic hydroxyl groups is 1. The lowest BCUT2D eigenvalue weighted by Gasteiger charge is -2.26. The third-order valence-corrected chi connectivity index (χ3v) is 6.13. The van der Waals surface area contributed by atoms with Crippen LogP contribution in [0, 0.1) is 0 Å². The zero-order valence-corrected chi connectivity index (χ0v) is 21.6. The van der Waals surface area contributed by atoms with Crippen LogP contribution in [0.5, 0.6) is 28.7 Å². The topological polar surface area (TPSA) is 115 Å². The van der Waals surface area contributed by atoms with Gasteiger partial charge in [0.2, 0.25) is 0 Å². The summed E-state index contributed by atoms with van der Waals surface area (Å²) in [5, 5.41) is 21.8. The number of hydrogen-bond acceptors (Lipinski definition) is 8. The van der Waals surface area contributed by atoms with Crippen LogP contribution >= 0.6 is 0 Å². The molecule has 0 aliphatic carbocycles. The molecule has 4 rings (SSSR count). The van der Waals surface area contributed by atoms with E-state index in [-0.39, 0.29) is 28.4 Å². The predicted molar refractivity (Wildman–Crippen MR) is 141 cm³/mol. The zero-order chi connectivity index (χ0) is 27.4. The molecule has 9 heteroatoms. The maximum absolute atomic E-state index is 13.5. The summed E-state index contributed by atoms with van der Waals surface area (Å²) in [6.45, 7) is 4.40. The van der Waals surface area contributed by atoms with Crippen molar-refractivity contribution in [3.63, 3.8) is 0 Å². The van der Waals surface area contributed by atoms with Crippen LogP contribution in [0.2, 0.25) is 0 Å². The first-order valence-electron chi connectivity index (χ1n) is 12.1. The van der Waals surface area contributed by atoms with Gasteiger partial charge in [0.1, 0.15) is 23.0 Å². The molecule has 0 saturated carbocycles. The minimum atomic E-state index is -1.03. The van der Waals surface area contributed by atoms with Gasteiger partial charge < -0.3 is 29.2 Å². The summed E-state index contributed by atoms with van der Waals surface area (Å²) in [4.78, 5) is 28.2. The lowest BCUT2D eigenvalue weighted by molar-refractivity contribution is -0.132. The average Bonchev–Trinajstić information content (AvgIpc) is 3.20. The number of amides is 1. The van der Waals surface area contributed by atoms with Crippen molar-refractivity contribution in [1.29, 1.82) is 0 Å². The largest absolute Gasteiger partial charge is 0.507 e. The Bertz CT molecular complexity index is 1380. The third kappa shape index (κ3) is 4.82. The Morgan fingerprint density at radius 3 is 2.16 bits per heavy atom. The van der Waals surface area contributed by atoms with Gasteiger partial charge in [-0.05, 0) is 67.9 Å². The van der Waals surface area contributed by atoms with E-state index in [0.717, 1.165) is 0 Å². The minimum absolute atomic E-state index is 0.0922. The van der Waals surface area contributed by atoms with Gasteiger partial charge in [-0.3, -0.25) is 14.5 Å². The highest BCUT2D eigenvalue weighted by Gasteiger charge is 2.47. The van der Waals surface area contributed by atoms with Crippen molar-refractivity contribution in [2.75, 3.05) is 32.3 Å². The highest BCUT2D eigenvalue weighted by Crippen LogP contribution is 2.45. The minimum Gasteiger partial charge on any atom is -0.507 e. The molecular weight excluding hydrogens is 490 g/mol. The molecule has 0 spiro atoms. The summed E-state index contributed by atoms with van der Waals surface area (Å²) in [6.07, 6.45) is 0. The van der Waals surface area contributed by atoms with E-state index in [2.05, 4.69) is 0 Å². The Balaban J connectivity index is 1.95. The van der Waals surface area contributed by atoms with Crippen molar-refractivity contribution < 1.29 is 38.7 Å². The van der Waals surface area contributed by atoms with Crippen molar-refractivity contribution in [1.82, 2.24) is 0 Å². The fourth-order valence-corrected chi connectivity index (χ4v) is 4.40. The molecule has 0 bridgehead atoms. The Labute approximate surface area is 220 Å². The van der Waals surface area contributed by atoms with Gasteiger partial charge in [-0.25, -0.2) is 0 Å². The van der Waals surface area contributed by atoms with E-state index in [4.69, 9.17) is 18.9 Å². The van der Waals surface area contributed by atoms with Gasteiger partial charge in [-0.2, -0.15) is 0 Å². The van der Waals surface area contributed by atoms with E-state index >= 15 is 0 Å². The molecule has 1 saturated heterocycles. The lowest BCUT2D eigenvalue weighted by atomic mass is 9.94. The molecule has 1 fully saturated rings. The number of hydrogen-bond donors (Lipinski definition) is 2. The Morgan fingerprint density at radius 2 is 1.53 bits per heavy atom. The van der Waals surface area contributed by atoms with E-state index in [1.807, 2.05) is 6.92 Å². The second-order valence-electron chi connectivity index (χ2n) is 8.32. The Hall–Kier alpha value is -4.66. The normalized spacial score (nSPS) is 16.4. The van der Waals surface area contributed by atoms with Crippen LogP contribution in [-0.2, 0) is 9.59 Å². The number of ether oxygens (including phenoxy) is 4. The standard InChI is InChI=1S/C29H29NO8/c1-5-37-19-10-8-18(9-11-19)30-26(17-7-14-22(31)24(15-17)38-6-2)25(28(33)29(30)34)27(32)21-13-12-20(35-3)16-23(21)36-4/h7-16,26,31-32H,5-6H2,1-4H3/b27-25+. The molecule has 0 aromatic heterocycles. The van der Waals surface area contributed by atoms with Crippen LogP contribution in [0.1, 0.15) is 31.0 Å². The predicted octanol–water partition coefficient (Wildman–Crippen LogP) is 4.83. The maximum atomic E-state index is 13.5. The molecule has 1 heterocycles. The number of aliphatic hydroxyl groups excluding tert-OH is 1. The monoisotopic (exact) mass is 519 g/mol. The molecule has 3 aromatic carbocycles. The first-order valence-corrected chi connectivity index (χ1v) is 12.1. The smallest absolute Gasteiger partial charge is 0.300 e. The molecule has 9 nitrogen and oxygen atoms in total. The molecule has 1 unspecified atom stereocenters. The molecule has 1 atom stereocenters. The molecule has 1 amide bonds. The fraction of sp³-hybridized carbons (Fsp3) is 0.241. The van der Waals surface area contributed by atoms with Crippen LogP contribution in [0.3, 0.4) is 0 Å². The van der Waals surface area contributed by atoms with Crippen molar-refractivity contribution in [3.8, 4) is 28.7 Å².